The van der Waals surface area contributed by atoms with Gasteiger partial charge < -0.3 is 13.9 Å². The van der Waals surface area contributed by atoms with Crippen LogP contribution in [0.4, 0.5) is 17.1 Å². The zero-order valence-corrected chi connectivity index (χ0v) is 36.0. The summed E-state index contributed by atoms with van der Waals surface area (Å²) in [7, 11) is 0. The Labute approximate surface area is 368 Å². The van der Waals surface area contributed by atoms with Gasteiger partial charge in [-0.15, -0.1) is 0 Å². The smallest absolute Gasteiger partial charge is 0.158 e. The summed E-state index contributed by atoms with van der Waals surface area (Å²) in [6, 6.07) is 63.5. The summed E-state index contributed by atoms with van der Waals surface area (Å²) >= 11 is 0. The third-order valence-electron chi connectivity index (χ3n) is 14.7. The quantitative estimate of drug-likeness (QED) is 0.173. The van der Waals surface area contributed by atoms with Crippen LogP contribution in [0.5, 0.6) is 0 Å². The second-order valence-electron chi connectivity index (χ2n) is 18.8. The maximum absolute atomic E-state index is 6.65. The van der Waals surface area contributed by atoms with Gasteiger partial charge in [-0.3, -0.25) is 0 Å². The molecular formula is C60H46N2O. The molecule has 3 aliphatic rings. The first-order valence-electron chi connectivity index (χ1n) is 22.4. The van der Waals surface area contributed by atoms with Gasteiger partial charge in [0.15, 0.2) is 5.58 Å². The van der Waals surface area contributed by atoms with Crippen LogP contribution in [0.15, 0.2) is 180 Å². The topological polar surface area (TPSA) is 21.3 Å². The van der Waals surface area contributed by atoms with Crippen LogP contribution in [-0.2, 0) is 17.3 Å². The molecule has 0 aliphatic heterocycles. The van der Waals surface area contributed by atoms with Crippen molar-refractivity contribution in [1.82, 2.24) is 4.57 Å². The summed E-state index contributed by atoms with van der Waals surface area (Å²) in [4.78, 5) is 2.46. The summed E-state index contributed by atoms with van der Waals surface area (Å²) in [6.45, 7) is 9.47. The SMILES string of the molecule is CC1(C)c2ccccc2-c2ccc(N(c3ccc(-c4ccc5c(c4)c4ccccc4n5-c4cccc5c6c(oc45)CCC=C6)cc3)c3ccc4c(c3)C(C)(C)c3ccccc3-4)cc21. The first kappa shape index (κ1) is 36.3. The van der Waals surface area contributed by atoms with Gasteiger partial charge >= 0.3 is 0 Å². The van der Waals surface area contributed by atoms with Gasteiger partial charge in [-0.1, -0.05) is 149 Å². The van der Waals surface area contributed by atoms with Crippen molar-refractivity contribution >= 4 is 55.9 Å². The number of rotatable bonds is 5. The Balaban J connectivity index is 0.934. The molecule has 0 N–H and O–H groups in total. The summed E-state index contributed by atoms with van der Waals surface area (Å²) in [5, 5.41) is 3.64. The second kappa shape index (κ2) is 13.1. The van der Waals surface area contributed by atoms with Crippen molar-refractivity contribution in [2.45, 2.75) is 51.4 Å². The van der Waals surface area contributed by atoms with E-state index in [1.807, 2.05) is 0 Å². The van der Waals surface area contributed by atoms with E-state index in [4.69, 9.17) is 4.42 Å². The Kier molecular flexibility index (Phi) is 7.54. The van der Waals surface area contributed by atoms with E-state index in [9.17, 15) is 0 Å². The molecule has 10 aromatic rings. The number of hydrogen-bond acceptors (Lipinski definition) is 2. The highest BCUT2D eigenvalue weighted by atomic mass is 16.3. The molecule has 0 radical (unpaired) electrons. The predicted molar refractivity (Wildman–Crippen MR) is 263 cm³/mol. The maximum Gasteiger partial charge on any atom is 0.158 e. The fourth-order valence-corrected chi connectivity index (χ4v) is 11.5. The lowest BCUT2D eigenvalue weighted by Gasteiger charge is -2.30. The minimum absolute atomic E-state index is 0.109. The van der Waals surface area contributed by atoms with Crippen molar-refractivity contribution in [3.8, 4) is 39.1 Å². The largest absolute Gasteiger partial charge is 0.458 e. The fourth-order valence-electron chi connectivity index (χ4n) is 11.5. The number of hydrogen-bond donors (Lipinski definition) is 0. The van der Waals surface area contributed by atoms with Gasteiger partial charge in [-0.05, 0) is 123 Å². The molecular weight excluding hydrogens is 765 g/mol. The van der Waals surface area contributed by atoms with Crippen LogP contribution in [-0.4, -0.2) is 4.57 Å². The monoisotopic (exact) mass is 810 g/mol. The fraction of sp³-hybridized carbons (Fsp3) is 0.133. The molecule has 0 saturated heterocycles. The van der Waals surface area contributed by atoms with Gasteiger partial charge in [0.25, 0.3) is 0 Å². The van der Waals surface area contributed by atoms with Crippen LogP contribution < -0.4 is 4.90 Å². The summed E-state index contributed by atoms with van der Waals surface area (Å²) in [5.41, 5.74) is 22.0. The van der Waals surface area contributed by atoms with E-state index in [0.717, 1.165) is 46.9 Å². The van der Waals surface area contributed by atoms with E-state index in [2.05, 4.69) is 219 Å². The minimum Gasteiger partial charge on any atom is -0.458 e. The number of aryl methyl sites for hydroxylation is 1. The molecule has 0 fully saturated rings. The molecule has 3 aliphatic carbocycles. The predicted octanol–water partition coefficient (Wildman–Crippen LogP) is 16.2. The highest BCUT2D eigenvalue weighted by Gasteiger charge is 2.38. The molecule has 0 atom stereocenters. The number of nitrogens with zero attached hydrogens (tertiary/aromatic N) is 2. The van der Waals surface area contributed by atoms with Crippen molar-refractivity contribution in [1.29, 1.82) is 0 Å². The van der Waals surface area contributed by atoms with E-state index in [-0.39, 0.29) is 10.8 Å². The first-order chi connectivity index (χ1) is 30.8. The van der Waals surface area contributed by atoms with Gasteiger partial charge in [-0.25, -0.2) is 0 Å². The molecule has 2 heterocycles. The number of anilines is 3. The second-order valence-corrected chi connectivity index (χ2v) is 18.8. The molecule has 0 unspecified atom stereocenters. The number of para-hydroxylation sites is 2. The number of furan rings is 1. The van der Waals surface area contributed by atoms with Crippen molar-refractivity contribution in [2.75, 3.05) is 4.90 Å². The van der Waals surface area contributed by atoms with Gasteiger partial charge in [0.1, 0.15) is 5.76 Å². The van der Waals surface area contributed by atoms with E-state index in [1.165, 1.54) is 88.4 Å². The lowest BCUT2D eigenvalue weighted by Crippen LogP contribution is -2.18. The zero-order chi connectivity index (χ0) is 42.2. The first-order valence-corrected chi connectivity index (χ1v) is 22.4. The minimum atomic E-state index is -0.109. The summed E-state index contributed by atoms with van der Waals surface area (Å²) < 4.78 is 9.04. The Morgan fingerprint density at radius 1 is 0.476 bits per heavy atom. The molecule has 0 amide bonds. The van der Waals surface area contributed by atoms with Crippen molar-refractivity contribution in [3.63, 3.8) is 0 Å². The molecule has 0 saturated carbocycles. The van der Waals surface area contributed by atoms with Crippen molar-refractivity contribution in [3.05, 3.63) is 210 Å². The van der Waals surface area contributed by atoms with Gasteiger partial charge in [-0.2, -0.15) is 0 Å². The Bertz CT molecular complexity index is 3470. The molecule has 8 aromatic carbocycles. The van der Waals surface area contributed by atoms with Crippen LogP contribution in [0.1, 0.15) is 67.7 Å². The number of aromatic nitrogens is 1. The highest BCUT2D eigenvalue weighted by molar-refractivity contribution is 6.11. The number of benzene rings is 8. The Hall–Kier alpha value is -7.36. The zero-order valence-electron chi connectivity index (χ0n) is 36.0. The summed E-state index contributed by atoms with van der Waals surface area (Å²) in [5.74, 6) is 1.08. The van der Waals surface area contributed by atoms with Gasteiger partial charge in [0, 0.05) is 56.0 Å². The molecule has 3 nitrogen and oxygen atoms in total. The molecule has 2 aromatic heterocycles. The molecule has 0 spiro atoms. The number of fused-ring (bicyclic) bond motifs is 12. The molecule has 63 heavy (non-hydrogen) atoms. The van der Waals surface area contributed by atoms with Crippen LogP contribution in [0.3, 0.4) is 0 Å². The average molecular weight is 811 g/mol. The lowest BCUT2D eigenvalue weighted by atomic mass is 9.82. The van der Waals surface area contributed by atoms with Crippen molar-refractivity contribution < 1.29 is 4.42 Å². The molecule has 13 rings (SSSR count). The maximum atomic E-state index is 6.65. The molecule has 0 bridgehead atoms. The third kappa shape index (κ3) is 5.14. The van der Waals surface area contributed by atoms with Crippen LogP contribution in [0.2, 0.25) is 0 Å². The Morgan fingerprint density at radius 2 is 1.05 bits per heavy atom. The normalized spacial score (nSPS) is 15.0. The standard InChI is InChI=1S/C60H46N2O/c1-59(2)50-19-9-5-14-42(50)44-31-29-40(35-52(44)59)61(41-30-32-45-43-15-6-10-20-51(43)60(3,4)53(45)36-41)39-27-24-37(25-28-39)38-26-33-55-49(34-38)46-16-7-11-21-54(46)62(55)56-22-13-18-48-47-17-8-12-23-57(47)63-58(48)56/h5-11,13-22,24-36H,12,23H2,1-4H3. The van der Waals surface area contributed by atoms with E-state index in [0.29, 0.717) is 0 Å². The lowest BCUT2D eigenvalue weighted by molar-refractivity contribution is 0.545. The molecule has 302 valence electrons. The Morgan fingerprint density at radius 3 is 1.75 bits per heavy atom. The third-order valence-corrected chi connectivity index (χ3v) is 14.7. The van der Waals surface area contributed by atoms with Crippen LogP contribution in [0, 0.1) is 0 Å². The van der Waals surface area contributed by atoms with Crippen LogP contribution in [0.25, 0.3) is 77.9 Å². The molecule has 3 heteroatoms. The summed E-state index contributed by atoms with van der Waals surface area (Å²) in [6.07, 6.45) is 6.44. The number of allylic oxidation sites excluding steroid dienone is 1. The average Bonchev–Trinajstić information content (AvgIpc) is 4.00. The van der Waals surface area contributed by atoms with E-state index in [1.54, 1.807) is 0 Å². The van der Waals surface area contributed by atoms with E-state index >= 15 is 0 Å². The van der Waals surface area contributed by atoms with Gasteiger partial charge in [0.2, 0.25) is 0 Å². The van der Waals surface area contributed by atoms with E-state index < -0.39 is 0 Å². The van der Waals surface area contributed by atoms with Crippen LogP contribution >= 0.6 is 0 Å². The van der Waals surface area contributed by atoms with Gasteiger partial charge in [0.05, 0.1) is 16.7 Å². The highest BCUT2D eigenvalue weighted by Crippen LogP contribution is 2.53. The van der Waals surface area contributed by atoms with Crippen molar-refractivity contribution in [2.24, 2.45) is 0 Å².